The van der Waals surface area contributed by atoms with Crippen LogP contribution in [-0.4, -0.2) is 37.0 Å². The smallest absolute Gasteiger partial charge is 0.226 e. The van der Waals surface area contributed by atoms with E-state index in [4.69, 9.17) is 0 Å². The lowest BCUT2D eigenvalue weighted by Gasteiger charge is -2.40. The summed E-state index contributed by atoms with van der Waals surface area (Å²) < 4.78 is 0. The SMILES string of the molecule is O=C1CCCCN1c1ccccc1CCN1CC(c2ccccc2)C1. The van der Waals surface area contributed by atoms with E-state index in [2.05, 4.69) is 59.5 Å². The number of para-hydroxylation sites is 1. The first-order valence-corrected chi connectivity index (χ1v) is 9.47. The Morgan fingerprint density at radius 3 is 2.48 bits per heavy atom. The zero-order valence-electron chi connectivity index (χ0n) is 14.7. The zero-order chi connectivity index (χ0) is 17.1. The van der Waals surface area contributed by atoms with E-state index in [1.165, 1.54) is 11.1 Å². The molecule has 0 aliphatic carbocycles. The molecule has 0 radical (unpaired) electrons. The lowest BCUT2D eigenvalue weighted by molar-refractivity contribution is -0.119. The van der Waals surface area contributed by atoms with E-state index >= 15 is 0 Å². The maximum atomic E-state index is 12.3. The van der Waals surface area contributed by atoms with Gasteiger partial charge in [-0.15, -0.1) is 0 Å². The number of benzene rings is 2. The van der Waals surface area contributed by atoms with Crippen molar-refractivity contribution in [1.29, 1.82) is 0 Å². The first-order chi connectivity index (χ1) is 12.3. The van der Waals surface area contributed by atoms with Crippen LogP contribution in [0.4, 0.5) is 5.69 Å². The molecular weight excluding hydrogens is 308 g/mol. The molecule has 2 aliphatic heterocycles. The van der Waals surface area contributed by atoms with Gasteiger partial charge in [-0.2, -0.15) is 0 Å². The van der Waals surface area contributed by atoms with Crippen LogP contribution < -0.4 is 4.90 Å². The minimum atomic E-state index is 0.284. The third-order valence-corrected chi connectivity index (χ3v) is 5.53. The molecule has 2 fully saturated rings. The number of nitrogens with zero attached hydrogens (tertiary/aromatic N) is 2. The van der Waals surface area contributed by atoms with Crippen molar-refractivity contribution in [3.63, 3.8) is 0 Å². The second kappa shape index (κ2) is 7.40. The number of hydrogen-bond donors (Lipinski definition) is 0. The number of amides is 1. The second-order valence-corrected chi connectivity index (χ2v) is 7.25. The maximum absolute atomic E-state index is 12.3. The Morgan fingerprint density at radius 2 is 1.68 bits per heavy atom. The summed E-state index contributed by atoms with van der Waals surface area (Å²) in [5.74, 6) is 0.965. The van der Waals surface area contributed by atoms with E-state index in [-0.39, 0.29) is 5.91 Å². The number of hydrogen-bond acceptors (Lipinski definition) is 2. The average molecular weight is 334 g/mol. The molecule has 2 aromatic carbocycles. The first kappa shape index (κ1) is 16.3. The van der Waals surface area contributed by atoms with E-state index < -0.39 is 0 Å². The molecule has 2 aromatic rings. The van der Waals surface area contributed by atoms with Gasteiger partial charge in [-0.1, -0.05) is 48.5 Å². The Balaban J connectivity index is 1.36. The number of piperidine rings is 1. The van der Waals surface area contributed by atoms with E-state index in [0.29, 0.717) is 12.3 Å². The normalized spacial score (nSPS) is 19.0. The molecule has 0 bridgehead atoms. The first-order valence-electron chi connectivity index (χ1n) is 9.47. The fraction of sp³-hybridized carbons (Fsp3) is 0.409. The molecule has 0 saturated carbocycles. The van der Waals surface area contributed by atoms with Crippen LogP contribution in [-0.2, 0) is 11.2 Å². The molecule has 2 saturated heterocycles. The molecular formula is C22H26N2O. The summed E-state index contributed by atoms with van der Waals surface area (Å²) in [6, 6.07) is 19.3. The number of carbonyl (C=O) groups is 1. The molecule has 130 valence electrons. The number of likely N-dealkylation sites (tertiary alicyclic amines) is 1. The molecule has 0 N–H and O–H groups in total. The van der Waals surface area contributed by atoms with Gasteiger partial charge in [0.05, 0.1) is 0 Å². The maximum Gasteiger partial charge on any atom is 0.226 e. The molecule has 2 heterocycles. The average Bonchev–Trinajstić information content (AvgIpc) is 2.62. The number of rotatable bonds is 5. The third kappa shape index (κ3) is 3.62. The highest BCUT2D eigenvalue weighted by atomic mass is 16.2. The van der Waals surface area contributed by atoms with Crippen LogP contribution in [0, 0.1) is 0 Å². The summed E-state index contributed by atoms with van der Waals surface area (Å²) >= 11 is 0. The predicted octanol–water partition coefficient (Wildman–Crippen LogP) is 3.85. The summed E-state index contributed by atoms with van der Waals surface area (Å²) in [5, 5.41) is 0. The Labute approximate surface area is 150 Å². The lowest BCUT2D eigenvalue weighted by atomic mass is 9.91. The van der Waals surface area contributed by atoms with Crippen LogP contribution in [0.3, 0.4) is 0 Å². The molecule has 0 unspecified atom stereocenters. The minimum Gasteiger partial charge on any atom is -0.312 e. The van der Waals surface area contributed by atoms with Crippen molar-refractivity contribution < 1.29 is 4.79 Å². The second-order valence-electron chi connectivity index (χ2n) is 7.25. The van der Waals surface area contributed by atoms with Gasteiger partial charge in [0.2, 0.25) is 5.91 Å². The highest BCUT2D eigenvalue weighted by Gasteiger charge is 2.28. The van der Waals surface area contributed by atoms with Crippen LogP contribution in [0.5, 0.6) is 0 Å². The van der Waals surface area contributed by atoms with Crippen molar-refractivity contribution in [3.8, 4) is 0 Å². The van der Waals surface area contributed by atoms with Crippen molar-refractivity contribution >= 4 is 11.6 Å². The van der Waals surface area contributed by atoms with E-state index in [9.17, 15) is 4.79 Å². The van der Waals surface area contributed by atoms with Crippen molar-refractivity contribution in [2.45, 2.75) is 31.6 Å². The summed E-state index contributed by atoms with van der Waals surface area (Å²) in [7, 11) is 0. The van der Waals surface area contributed by atoms with Gasteiger partial charge in [-0.05, 0) is 36.5 Å². The minimum absolute atomic E-state index is 0.284. The van der Waals surface area contributed by atoms with Crippen molar-refractivity contribution in [2.24, 2.45) is 0 Å². The van der Waals surface area contributed by atoms with Gasteiger partial charge in [-0.25, -0.2) is 0 Å². The predicted molar refractivity (Wildman–Crippen MR) is 102 cm³/mol. The number of carbonyl (C=O) groups excluding carboxylic acids is 1. The lowest BCUT2D eigenvalue weighted by Crippen LogP contribution is -2.45. The molecule has 1 amide bonds. The van der Waals surface area contributed by atoms with Gasteiger partial charge >= 0.3 is 0 Å². The van der Waals surface area contributed by atoms with Gasteiger partial charge in [0.25, 0.3) is 0 Å². The van der Waals surface area contributed by atoms with Crippen molar-refractivity contribution in [2.75, 3.05) is 31.1 Å². The summed E-state index contributed by atoms with van der Waals surface area (Å²) in [4.78, 5) is 16.8. The molecule has 4 rings (SSSR count). The molecule has 3 nitrogen and oxygen atoms in total. The van der Waals surface area contributed by atoms with Crippen LogP contribution in [0.25, 0.3) is 0 Å². The standard InChI is InChI=1S/C22H26N2O/c25-22-12-6-7-14-24(22)21-11-5-4-10-19(21)13-15-23-16-20(17-23)18-8-2-1-3-9-18/h1-5,8-11,20H,6-7,12-17H2. The van der Waals surface area contributed by atoms with E-state index in [1.807, 2.05) is 4.90 Å². The Kier molecular flexibility index (Phi) is 4.84. The summed E-state index contributed by atoms with van der Waals surface area (Å²) in [5.41, 5.74) is 3.89. The fourth-order valence-electron chi connectivity index (χ4n) is 4.01. The molecule has 25 heavy (non-hydrogen) atoms. The van der Waals surface area contributed by atoms with Crippen molar-refractivity contribution in [1.82, 2.24) is 4.90 Å². The van der Waals surface area contributed by atoms with Gasteiger partial charge in [0, 0.05) is 44.2 Å². The van der Waals surface area contributed by atoms with Gasteiger partial charge < -0.3 is 9.80 Å². The molecule has 2 aliphatic rings. The summed E-state index contributed by atoms with van der Waals surface area (Å²) in [6.07, 6.45) is 3.86. The zero-order valence-corrected chi connectivity index (χ0v) is 14.7. The van der Waals surface area contributed by atoms with Crippen LogP contribution >= 0.6 is 0 Å². The Hall–Kier alpha value is -2.13. The summed E-state index contributed by atoms with van der Waals surface area (Å²) in [6.45, 7) is 4.24. The highest BCUT2D eigenvalue weighted by Crippen LogP contribution is 2.29. The van der Waals surface area contributed by atoms with Gasteiger partial charge in [0.15, 0.2) is 0 Å². The van der Waals surface area contributed by atoms with Crippen LogP contribution in [0.2, 0.25) is 0 Å². The van der Waals surface area contributed by atoms with Crippen molar-refractivity contribution in [3.05, 3.63) is 65.7 Å². The third-order valence-electron chi connectivity index (χ3n) is 5.53. The van der Waals surface area contributed by atoms with E-state index in [1.54, 1.807) is 0 Å². The topological polar surface area (TPSA) is 23.6 Å². The quantitative estimate of drug-likeness (QED) is 0.829. The molecule has 0 spiro atoms. The molecule has 0 aromatic heterocycles. The molecule has 3 heteroatoms. The van der Waals surface area contributed by atoms with Gasteiger partial charge in [0.1, 0.15) is 0 Å². The highest BCUT2D eigenvalue weighted by molar-refractivity contribution is 5.94. The Morgan fingerprint density at radius 1 is 0.920 bits per heavy atom. The molecule has 0 atom stereocenters. The van der Waals surface area contributed by atoms with E-state index in [0.717, 1.165) is 51.1 Å². The number of anilines is 1. The fourth-order valence-corrected chi connectivity index (χ4v) is 4.01. The van der Waals surface area contributed by atoms with Crippen LogP contribution in [0.1, 0.15) is 36.3 Å². The van der Waals surface area contributed by atoms with Crippen LogP contribution in [0.15, 0.2) is 54.6 Å². The largest absolute Gasteiger partial charge is 0.312 e. The Bertz CT molecular complexity index is 722. The van der Waals surface area contributed by atoms with Gasteiger partial charge in [-0.3, -0.25) is 4.79 Å². The monoisotopic (exact) mass is 334 g/mol.